The molecular formula is C15H12FNO2. The predicted molar refractivity (Wildman–Crippen MR) is 70.7 cm³/mol. The van der Waals surface area contributed by atoms with E-state index in [-0.39, 0.29) is 11.3 Å². The Morgan fingerprint density at radius 3 is 2.79 bits per heavy atom. The number of aryl methyl sites for hydroxylation is 1. The van der Waals surface area contributed by atoms with E-state index in [1.54, 1.807) is 19.2 Å². The van der Waals surface area contributed by atoms with Crippen LogP contribution in [-0.2, 0) is 0 Å². The molecule has 0 fully saturated rings. The molecule has 0 amide bonds. The number of fused-ring (bicyclic) bond motifs is 1. The molecule has 19 heavy (non-hydrogen) atoms. The molecule has 0 aliphatic carbocycles. The molecule has 96 valence electrons. The summed E-state index contributed by atoms with van der Waals surface area (Å²) in [7, 11) is 1.58. The van der Waals surface area contributed by atoms with Crippen LogP contribution in [0.25, 0.3) is 22.6 Å². The average Bonchev–Trinajstić information content (AvgIpc) is 2.84. The van der Waals surface area contributed by atoms with Crippen molar-refractivity contribution in [3.05, 3.63) is 47.8 Å². The van der Waals surface area contributed by atoms with Crippen molar-refractivity contribution in [3.8, 4) is 17.2 Å². The van der Waals surface area contributed by atoms with E-state index in [2.05, 4.69) is 4.98 Å². The highest BCUT2D eigenvalue weighted by Crippen LogP contribution is 2.32. The zero-order valence-electron chi connectivity index (χ0n) is 10.6. The molecule has 0 spiro atoms. The van der Waals surface area contributed by atoms with Gasteiger partial charge >= 0.3 is 0 Å². The number of oxazole rings is 1. The Kier molecular flexibility index (Phi) is 2.71. The van der Waals surface area contributed by atoms with Gasteiger partial charge in [-0.3, -0.25) is 0 Å². The molecule has 0 aliphatic rings. The van der Waals surface area contributed by atoms with E-state index < -0.39 is 0 Å². The number of hydrogen-bond acceptors (Lipinski definition) is 3. The summed E-state index contributed by atoms with van der Waals surface area (Å²) in [4.78, 5) is 4.21. The molecule has 0 N–H and O–H groups in total. The monoisotopic (exact) mass is 257 g/mol. The maximum absolute atomic E-state index is 13.6. The Morgan fingerprint density at radius 1 is 1.21 bits per heavy atom. The Morgan fingerprint density at radius 2 is 2.05 bits per heavy atom. The minimum atomic E-state index is -0.390. The highest BCUT2D eigenvalue weighted by atomic mass is 19.1. The van der Waals surface area contributed by atoms with Gasteiger partial charge < -0.3 is 9.15 Å². The van der Waals surface area contributed by atoms with Gasteiger partial charge in [0.25, 0.3) is 0 Å². The van der Waals surface area contributed by atoms with Crippen molar-refractivity contribution in [1.29, 1.82) is 0 Å². The van der Waals surface area contributed by atoms with Crippen LogP contribution in [0.3, 0.4) is 0 Å². The first-order chi connectivity index (χ1) is 9.19. The van der Waals surface area contributed by atoms with E-state index in [1.165, 1.54) is 6.07 Å². The molecule has 2 aromatic carbocycles. The first-order valence-electron chi connectivity index (χ1n) is 5.89. The molecule has 0 bridgehead atoms. The molecule has 0 saturated carbocycles. The lowest BCUT2D eigenvalue weighted by atomic mass is 10.1. The Bertz CT molecular complexity index is 749. The van der Waals surface area contributed by atoms with Crippen LogP contribution in [-0.4, -0.2) is 12.1 Å². The zero-order chi connectivity index (χ0) is 13.4. The number of hydrogen-bond donors (Lipinski definition) is 0. The van der Waals surface area contributed by atoms with Crippen LogP contribution >= 0.6 is 0 Å². The molecule has 3 rings (SSSR count). The van der Waals surface area contributed by atoms with Crippen molar-refractivity contribution in [2.75, 3.05) is 7.11 Å². The van der Waals surface area contributed by atoms with E-state index in [9.17, 15) is 4.39 Å². The molecule has 3 aromatic rings. The average molecular weight is 257 g/mol. The molecule has 0 unspecified atom stereocenters. The lowest BCUT2D eigenvalue weighted by Crippen LogP contribution is -1.89. The van der Waals surface area contributed by atoms with Crippen molar-refractivity contribution in [3.63, 3.8) is 0 Å². The van der Waals surface area contributed by atoms with Gasteiger partial charge in [-0.15, -0.1) is 0 Å². The summed E-state index contributed by atoms with van der Waals surface area (Å²) in [6.45, 7) is 1.96. The number of halogens is 1. The van der Waals surface area contributed by atoms with Crippen LogP contribution in [0.1, 0.15) is 5.56 Å². The topological polar surface area (TPSA) is 35.3 Å². The fourth-order valence-electron chi connectivity index (χ4n) is 2.02. The number of methoxy groups -OCH3 is 1. The third kappa shape index (κ3) is 1.95. The number of para-hydroxylation sites is 1. The number of ether oxygens (including phenoxy) is 1. The second kappa shape index (κ2) is 4.39. The van der Waals surface area contributed by atoms with Gasteiger partial charge in [-0.1, -0.05) is 17.7 Å². The molecule has 1 aromatic heterocycles. The van der Waals surface area contributed by atoms with Crippen molar-refractivity contribution in [1.82, 2.24) is 4.98 Å². The van der Waals surface area contributed by atoms with Crippen molar-refractivity contribution in [2.45, 2.75) is 6.92 Å². The normalized spacial score (nSPS) is 10.9. The quantitative estimate of drug-likeness (QED) is 0.697. The largest absolute Gasteiger partial charge is 0.496 e. The van der Waals surface area contributed by atoms with Crippen molar-refractivity contribution in [2.24, 2.45) is 0 Å². The second-order valence-corrected chi connectivity index (χ2v) is 4.31. The molecular weight excluding hydrogens is 245 g/mol. The summed E-state index contributed by atoms with van der Waals surface area (Å²) in [5.41, 5.74) is 2.44. The van der Waals surface area contributed by atoms with Gasteiger partial charge in [0.05, 0.1) is 12.7 Å². The van der Waals surface area contributed by atoms with Crippen LogP contribution in [0, 0.1) is 12.7 Å². The smallest absolute Gasteiger partial charge is 0.231 e. The summed E-state index contributed by atoms with van der Waals surface area (Å²) in [6, 6.07) is 10.3. The summed E-state index contributed by atoms with van der Waals surface area (Å²) in [5.74, 6) is 0.623. The number of rotatable bonds is 2. The van der Waals surface area contributed by atoms with Gasteiger partial charge in [0.1, 0.15) is 11.3 Å². The van der Waals surface area contributed by atoms with E-state index in [1.807, 2.05) is 25.1 Å². The minimum absolute atomic E-state index is 0.237. The number of aromatic nitrogens is 1. The molecule has 0 saturated heterocycles. The lowest BCUT2D eigenvalue weighted by molar-refractivity contribution is 0.414. The van der Waals surface area contributed by atoms with Gasteiger partial charge in [-0.05, 0) is 31.2 Å². The highest BCUT2D eigenvalue weighted by molar-refractivity contribution is 5.78. The molecule has 0 atom stereocenters. The van der Waals surface area contributed by atoms with Gasteiger partial charge in [0.15, 0.2) is 11.4 Å². The Hall–Kier alpha value is -2.36. The maximum Gasteiger partial charge on any atom is 0.231 e. The molecule has 3 nitrogen and oxygen atoms in total. The van der Waals surface area contributed by atoms with Crippen LogP contribution in [0.15, 0.2) is 40.8 Å². The maximum atomic E-state index is 13.6. The van der Waals surface area contributed by atoms with Crippen LogP contribution < -0.4 is 4.74 Å². The van der Waals surface area contributed by atoms with Gasteiger partial charge in [0.2, 0.25) is 5.89 Å². The first kappa shape index (κ1) is 11.7. The van der Waals surface area contributed by atoms with Crippen molar-refractivity contribution >= 4 is 11.1 Å². The fraction of sp³-hybridized carbons (Fsp3) is 0.133. The summed E-state index contributed by atoms with van der Waals surface area (Å²) < 4.78 is 24.5. The molecule has 1 heterocycles. The summed E-state index contributed by atoms with van der Waals surface area (Å²) in [5, 5.41) is 0. The van der Waals surface area contributed by atoms with Gasteiger partial charge in [-0.25, -0.2) is 9.37 Å². The second-order valence-electron chi connectivity index (χ2n) is 4.31. The first-order valence-corrected chi connectivity index (χ1v) is 5.89. The van der Waals surface area contributed by atoms with Crippen LogP contribution in [0.2, 0.25) is 0 Å². The summed E-state index contributed by atoms with van der Waals surface area (Å²) >= 11 is 0. The standard InChI is InChI=1S/C15H12FNO2/c1-9-6-7-12(18-2)10(8-9)15-17-14-11(16)4-3-5-13(14)19-15/h3-8H,1-2H3. The number of benzene rings is 2. The Labute approximate surface area is 109 Å². The minimum Gasteiger partial charge on any atom is -0.496 e. The third-order valence-corrected chi connectivity index (χ3v) is 2.96. The Balaban J connectivity index is 2.24. The molecule has 0 radical (unpaired) electrons. The summed E-state index contributed by atoms with van der Waals surface area (Å²) in [6.07, 6.45) is 0. The lowest BCUT2D eigenvalue weighted by Gasteiger charge is -2.05. The zero-order valence-corrected chi connectivity index (χ0v) is 10.6. The van der Waals surface area contributed by atoms with Gasteiger partial charge in [-0.2, -0.15) is 0 Å². The van der Waals surface area contributed by atoms with Gasteiger partial charge in [0, 0.05) is 0 Å². The predicted octanol–water partition coefficient (Wildman–Crippen LogP) is 3.95. The van der Waals surface area contributed by atoms with Crippen LogP contribution in [0.5, 0.6) is 5.75 Å². The third-order valence-electron chi connectivity index (χ3n) is 2.96. The van der Waals surface area contributed by atoms with Crippen LogP contribution in [0.4, 0.5) is 4.39 Å². The molecule has 4 heteroatoms. The van der Waals surface area contributed by atoms with E-state index >= 15 is 0 Å². The highest BCUT2D eigenvalue weighted by Gasteiger charge is 2.15. The van der Waals surface area contributed by atoms with E-state index in [0.717, 1.165) is 11.1 Å². The molecule has 0 aliphatic heterocycles. The van der Waals surface area contributed by atoms with E-state index in [4.69, 9.17) is 9.15 Å². The SMILES string of the molecule is COc1ccc(C)cc1-c1nc2c(F)cccc2o1. The fourth-order valence-corrected chi connectivity index (χ4v) is 2.02. The van der Waals surface area contributed by atoms with E-state index in [0.29, 0.717) is 17.2 Å². The number of nitrogens with zero attached hydrogens (tertiary/aromatic N) is 1. The van der Waals surface area contributed by atoms with Crippen molar-refractivity contribution < 1.29 is 13.5 Å².